The molecule has 1 aromatic carbocycles. The van der Waals surface area contributed by atoms with Crippen LogP contribution in [0.2, 0.25) is 5.15 Å². The van der Waals surface area contributed by atoms with Gasteiger partial charge in [-0.1, -0.05) is 17.7 Å². The summed E-state index contributed by atoms with van der Waals surface area (Å²) < 4.78 is 5.39. The standard InChI is InChI=1S/C12H12ClNOS/c1-7-4-8(2)11(9(5-7)15-3)12-14-10(13)6-16-12/h4-6H,1-3H3. The van der Waals surface area contributed by atoms with Crippen LogP contribution in [0, 0.1) is 13.8 Å². The van der Waals surface area contributed by atoms with E-state index in [9.17, 15) is 0 Å². The monoisotopic (exact) mass is 253 g/mol. The normalized spacial score (nSPS) is 10.5. The first-order valence-corrected chi connectivity index (χ1v) is 6.14. The number of nitrogens with zero attached hydrogens (tertiary/aromatic N) is 1. The number of hydrogen-bond acceptors (Lipinski definition) is 3. The molecule has 0 N–H and O–H groups in total. The summed E-state index contributed by atoms with van der Waals surface area (Å²) in [5, 5.41) is 3.26. The number of methoxy groups -OCH3 is 1. The number of rotatable bonds is 2. The SMILES string of the molecule is COc1cc(C)cc(C)c1-c1nc(Cl)cs1. The summed E-state index contributed by atoms with van der Waals surface area (Å²) in [6.45, 7) is 4.11. The zero-order valence-corrected chi connectivity index (χ0v) is 10.9. The van der Waals surface area contributed by atoms with E-state index in [0.717, 1.165) is 21.9 Å². The minimum atomic E-state index is 0.530. The summed E-state index contributed by atoms with van der Waals surface area (Å²) in [6, 6.07) is 4.13. The molecule has 0 spiro atoms. The topological polar surface area (TPSA) is 22.1 Å². The Hall–Kier alpha value is -1.06. The van der Waals surface area contributed by atoms with Crippen LogP contribution in [0.15, 0.2) is 17.5 Å². The van der Waals surface area contributed by atoms with E-state index in [1.165, 1.54) is 16.9 Å². The lowest BCUT2D eigenvalue weighted by Crippen LogP contribution is -1.92. The van der Waals surface area contributed by atoms with Gasteiger partial charge in [-0.15, -0.1) is 11.3 Å². The average molecular weight is 254 g/mol. The van der Waals surface area contributed by atoms with Gasteiger partial charge in [-0.05, 0) is 31.0 Å². The Morgan fingerprint density at radius 2 is 2.06 bits per heavy atom. The van der Waals surface area contributed by atoms with Gasteiger partial charge in [0.1, 0.15) is 15.9 Å². The minimum absolute atomic E-state index is 0.530. The van der Waals surface area contributed by atoms with Gasteiger partial charge in [0.25, 0.3) is 0 Å². The van der Waals surface area contributed by atoms with Crippen molar-refractivity contribution in [3.05, 3.63) is 33.8 Å². The first kappa shape index (κ1) is 11.4. The second kappa shape index (κ2) is 4.44. The maximum absolute atomic E-state index is 5.85. The predicted octanol–water partition coefficient (Wildman–Crippen LogP) is 4.09. The lowest BCUT2D eigenvalue weighted by molar-refractivity contribution is 0.416. The van der Waals surface area contributed by atoms with Crippen molar-refractivity contribution >= 4 is 22.9 Å². The summed E-state index contributed by atoms with van der Waals surface area (Å²) in [7, 11) is 1.67. The Balaban J connectivity index is 2.63. The molecule has 4 heteroatoms. The molecule has 2 nitrogen and oxygen atoms in total. The molecule has 2 aromatic rings. The fourth-order valence-electron chi connectivity index (χ4n) is 1.73. The maximum Gasteiger partial charge on any atom is 0.140 e. The smallest absolute Gasteiger partial charge is 0.140 e. The van der Waals surface area contributed by atoms with E-state index in [4.69, 9.17) is 16.3 Å². The highest BCUT2D eigenvalue weighted by Gasteiger charge is 2.13. The number of benzene rings is 1. The summed E-state index contributed by atoms with van der Waals surface area (Å²) in [6.07, 6.45) is 0. The molecule has 0 bridgehead atoms. The molecule has 84 valence electrons. The Morgan fingerprint density at radius 1 is 1.31 bits per heavy atom. The van der Waals surface area contributed by atoms with Crippen LogP contribution in [0.3, 0.4) is 0 Å². The third-order valence-corrected chi connectivity index (χ3v) is 3.54. The Morgan fingerprint density at radius 3 is 2.62 bits per heavy atom. The van der Waals surface area contributed by atoms with Crippen LogP contribution in [0.1, 0.15) is 11.1 Å². The lowest BCUT2D eigenvalue weighted by Gasteiger charge is -2.10. The third kappa shape index (κ3) is 2.06. The number of ether oxygens (including phenoxy) is 1. The van der Waals surface area contributed by atoms with E-state index in [1.807, 2.05) is 18.4 Å². The van der Waals surface area contributed by atoms with Gasteiger partial charge in [0, 0.05) is 5.38 Å². The zero-order chi connectivity index (χ0) is 11.7. The average Bonchev–Trinajstić information content (AvgIpc) is 2.63. The van der Waals surface area contributed by atoms with E-state index in [1.54, 1.807) is 7.11 Å². The van der Waals surface area contributed by atoms with Gasteiger partial charge in [0.2, 0.25) is 0 Å². The van der Waals surface area contributed by atoms with Crippen molar-refractivity contribution < 1.29 is 4.74 Å². The van der Waals surface area contributed by atoms with Gasteiger partial charge in [0.05, 0.1) is 12.7 Å². The van der Waals surface area contributed by atoms with Crippen molar-refractivity contribution in [2.75, 3.05) is 7.11 Å². The summed E-state index contributed by atoms with van der Waals surface area (Å²) in [4.78, 5) is 4.28. The maximum atomic E-state index is 5.85. The van der Waals surface area contributed by atoms with Gasteiger partial charge in [-0.3, -0.25) is 0 Å². The number of aromatic nitrogens is 1. The molecule has 0 atom stereocenters. The summed E-state index contributed by atoms with van der Waals surface area (Å²) >= 11 is 7.38. The van der Waals surface area contributed by atoms with Crippen molar-refractivity contribution in [3.8, 4) is 16.3 Å². The quantitative estimate of drug-likeness (QED) is 0.804. The highest BCUT2D eigenvalue weighted by atomic mass is 35.5. The highest BCUT2D eigenvalue weighted by Crippen LogP contribution is 2.36. The molecule has 0 aliphatic carbocycles. The molecule has 0 unspecified atom stereocenters. The van der Waals surface area contributed by atoms with Crippen LogP contribution in [0.5, 0.6) is 5.75 Å². The number of thiazole rings is 1. The van der Waals surface area contributed by atoms with Crippen LogP contribution in [-0.2, 0) is 0 Å². The molecule has 0 amide bonds. The molecule has 0 saturated carbocycles. The zero-order valence-electron chi connectivity index (χ0n) is 9.37. The van der Waals surface area contributed by atoms with Crippen LogP contribution >= 0.6 is 22.9 Å². The van der Waals surface area contributed by atoms with Crippen molar-refractivity contribution in [2.45, 2.75) is 13.8 Å². The van der Waals surface area contributed by atoms with E-state index < -0.39 is 0 Å². The van der Waals surface area contributed by atoms with E-state index >= 15 is 0 Å². The minimum Gasteiger partial charge on any atom is -0.496 e. The van der Waals surface area contributed by atoms with Crippen LogP contribution < -0.4 is 4.74 Å². The molecule has 0 aliphatic heterocycles. The fraction of sp³-hybridized carbons (Fsp3) is 0.250. The molecule has 0 aliphatic rings. The lowest BCUT2D eigenvalue weighted by atomic mass is 10.0. The molecule has 16 heavy (non-hydrogen) atoms. The van der Waals surface area contributed by atoms with Crippen molar-refractivity contribution in [1.29, 1.82) is 0 Å². The first-order valence-electron chi connectivity index (χ1n) is 4.88. The molecule has 0 radical (unpaired) electrons. The Kier molecular flexibility index (Phi) is 3.17. The van der Waals surface area contributed by atoms with Gasteiger partial charge >= 0.3 is 0 Å². The fourth-order valence-corrected chi connectivity index (χ4v) is 2.79. The van der Waals surface area contributed by atoms with Gasteiger partial charge < -0.3 is 4.74 Å². The van der Waals surface area contributed by atoms with Gasteiger partial charge in [-0.25, -0.2) is 4.98 Å². The van der Waals surface area contributed by atoms with Gasteiger partial charge in [-0.2, -0.15) is 0 Å². The summed E-state index contributed by atoms with van der Waals surface area (Å²) in [5.74, 6) is 0.850. The summed E-state index contributed by atoms with van der Waals surface area (Å²) in [5.41, 5.74) is 3.37. The predicted molar refractivity (Wildman–Crippen MR) is 68.6 cm³/mol. The third-order valence-electron chi connectivity index (χ3n) is 2.35. The van der Waals surface area contributed by atoms with Crippen LogP contribution in [-0.4, -0.2) is 12.1 Å². The van der Waals surface area contributed by atoms with E-state index in [0.29, 0.717) is 5.15 Å². The largest absolute Gasteiger partial charge is 0.496 e. The molecule has 0 fully saturated rings. The second-order valence-corrected chi connectivity index (χ2v) is 4.88. The number of hydrogen-bond donors (Lipinski definition) is 0. The molecule has 1 heterocycles. The van der Waals surface area contributed by atoms with Crippen molar-refractivity contribution in [2.24, 2.45) is 0 Å². The molecular weight excluding hydrogens is 242 g/mol. The van der Waals surface area contributed by atoms with E-state index in [2.05, 4.69) is 18.0 Å². The molecular formula is C12H12ClNOS. The van der Waals surface area contributed by atoms with Gasteiger partial charge in [0.15, 0.2) is 0 Å². The Labute approximate surface area is 104 Å². The van der Waals surface area contributed by atoms with Crippen LogP contribution in [0.4, 0.5) is 0 Å². The molecule has 0 saturated heterocycles. The van der Waals surface area contributed by atoms with Crippen molar-refractivity contribution in [3.63, 3.8) is 0 Å². The Bertz CT molecular complexity index is 522. The first-order chi connectivity index (χ1) is 7.61. The van der Waals surface area contributed by atoms with Crippen molar-refractivity contribution in [1.82, 2.24) is 4.98 Å². The number of aryl methyl sites for hydroxylation is 2. The second-order valence-electron chi connectivity index (χ2n) is 3.63. The highest BCUT2D eigenvalue weighted by molar-refractivity contribution is 7.13. The van der Waals surface area contributed by atoms with Crippen LogP contribution in [0.25, 0.3) is 10.6 Å². The molecule has 2 rings (SSSR count). The van der Waals surface area contributed by atoms with E-state index in [-0.39, 0.29) is 0 Å². The molecule has 1 aromatic heterocycles. The number of halogens is 1.